The number of carbonyl (C=O) groups excluding carboxylic acids is 1. The van der Waals surface area contributed by atoms with Gasteiger partial charge in [-0.2, -0.15) is 0 Å². The van der Waals surface area contributed by atoms with E-state index in [1.807, 2.05) is 24.3 Å². The molecule has 8 nitrogen and oxygen atoms in total. The van der Waals surface area contributed by atoms with Gasteiger partial charge in [-0.3, -0.25) is 10.1 Å². The number of pyridine rings is 1. The minimum atomic E-state index is -0.570. The van der Waals surface area contributed by atoms with Gasteiger partial charge in [0, 0.05) is 18.5 Å². The van der Waals surface area contributed by atoms with E-state index in [0.717, 1.165) is 11.1 Å². The highest BCUT2D eigenvalue weighted by molar-refractivity contribution is 6.33. The molecule has 1 aromatic heterocycles. The van der Waals surface area contributed by atoms with Crippen molar-refractivity contribution in [1.29, 1.82) is 0 Å². The highest BCUT2D eigenvalue weighted by Gasteiger charge is 2.23. The number of alkyl carbamates (subject to hydrolysis) is 1. The molecule has 1 heterocycles. The number of anilines is 1. The Morgan fingerprint density at radius 3 is 2.48 bits per heavy atom. The van der Waals surface area contributed by atoms with Gasteiger partial charge >= 0.3 is 11.8 Å². The standard InChI is InChI=1S/C22H23ClN4O4/c1-22(2,3)31-21(28)25-13-15-8-6-7-14(11-15)12-24-18-16-9-4-5-10-17(16)26-20(23)19(18)27(29)30/h4-11H,12-13H2,1-3H3,(H,24,26)(H,25,28). The molecular formula is C22H23ClN4O4. The average molecular weight is 443 g/mol. The Balaban J connectivity index is 1.77. The number of fused-ring (bicyclic) bond motifs is 1. The third-order valence-electron chi connectivity index (χ3n) is 4.30. The number of nitro groups is 1. The summed E-state index contributed by atoms with van der Waals surface area (Å²) in [5.41, 5.74) is 1.81. The zero-order valence-electron chi connectivity index (χ0n) is 17.4. The predicted octanol–water partition coefficient (Wildman–Crippen LogP) is 5.43. The van der Waals surface area contributed by atoms with E-state index in [9.17, 15) is 14.9 Å². The number of aromatic nitrogens is 1. The Morgan fingerprint density at radius 2 is 1.81 bits per heavy atom. The van der Waals surface area contributed by atoms with Crippen LogP contribution in [0.15, 0.2) is 48.5 Å². The van der Waals surface area contributed by atoms with Crippen molar-refractivity contribution in [3.63, 3.8) is 0 Å². The second kappa shape index (κ2) is 9.18. The van der Waals surface area contributed by atoms with Gasteiger partial charge in [0.25, 0.3) is 0 Å². The van der Waals surface area contributed by atoms with E-state index in [1.165, 1.54) is 0 Å². The molecule has 0 radical (unpaired) electrons. The highest BCUT2D eigenvalue weighted by Crippen LogP contribution is 2.37. The van der Waals surface area contributed by atoms with Crippen LogP contribution in [0.25, 0.3) is 10.9 Å². The largest absolute Gasteiger partial charge is 0.444 e. The molecule has 0 aliphatic rings. The number of para-hydroxylation sites is 1. The number of nitrogens with one attached hydrogen (secondary N) is 2. The molecule has 3 aromatic rings. The predicted molar refractivity (Wildman–Crippen MR) is 120 cm³/mol. The van der Waals surface area contributed by atoms with E-state index in [2.05, 4.69) is 15.6 Å². The molecule has 0 aliphatic heterocycles. The van der Waals surface area contributed by atoms with Gasteiger partial charge in [0.05, 0.1) is 10.4 Å². The van der Waals surface area contributed by atoms with Gasteiger partial charge in [-0.25, -0.2) is 9.78 Å². The molecule has 0 saturated carbocycles. The minimum absolute atomic E-state index is 0.165. The number of ether oxygens (including phenoxy) is 1. The highest BCUT2D eigenvalue weighted by atomic mass is 35.5. The second-order valence-electron chi connectivity index (χ2n) is 7.93. The van der Waals surface area contributed by atoms with Crippen molar-refractivity contribution in [2.75, 3.05) is 5.32 Å². The van der Waals surface area contributed by atoms with Crippen molar-refractivity contribution >= 4 is 40.0 Å². The van der Waals surface area contributed by atoms with E-state index >= 15 is 0 Å². The number of benzene rings is 2. The minimum Gasteiger partial charge on any atom is -0.444 e. The molecule has 2 aromatic carbocycles. The maximum Gasteiger partial charge on any atom is 0.407 e. The first-order chi connectivity index (χ1) is 14.6. The Morgan fingerprint density at radius 1 is 1.13 bits per heavy atom. The molecule has 0 atom stereocenters. The summed E-state index contributed by atoms with van der Waals surface area (Å²) in [4.78, 5) is 27.0. The fraction of sp³-hybridized carbons (Fsp3) is 0.273. The van der Waals surface area contributed by atoms with Gasteiger partial charge in [-0.15, -0.1) is 0 Å². The Hall–Kier alpha value is -3.39. The summed E-state index contributed by atoms with van der Waals surface area (Å²) in [7, 11) is 0. The molecule has 0 saturated heterocycles. The number of halogens is 1. The van der Waals surface area contributed by atoms with E-state index < -0.39 is 16.6 Å². The van der Waals surface area contributed by atoms with Gasteiger partial charge < -0.3 is 15.4 Å². The lowest BCUT2D eigenvalue weighted by Gasteiger charge is -2.19. The van der Waals surface area contributed by atoms with Crippen LogP contribution in [0.2, 0.25) is 5.15 Å². The van der Waals surface area contributed by atoms with Crippen LogP contribution in [-0.4, -0.2) is 21.6 Å². The number of nitrogens with zero attached hydrogens (tertiary/aromatic N) is 2. The second-order valence-corrected chi connectivity index (χ2v) is 8.29. The lowest BCUT2D eigenvalue weighted by molar-refractivity contribution is -0.384. The SMILES string of the molecule is CC(C)(C)OC(=O)NCc1cccc(CNc2c([N+](=O)[O-])c(Cl)nc3ccccc23)c1. The van der Waals surface area contributed by atoms with E-state index in [0.29, 0.717) is 29.7 Å². The first kappa shape index (κ1) is 22.3. The van der Waals surface area contributed by atoms with Gasteiger partial charge in [-0.1, -0.05) is 54.1 Å². The zero-order valence-corrected chi connectivity index (χ0v) is 18.2. The Labute approximate surface area is 184 Å². The van der Waals surface area contributed by atoms with Crippen LogP contribution >= 0.6 is 11.6 Å². The summed E-state index contributed by atoms with van der Waals surface area (Å²) in [6.45, 7) is 6.02. The molecule has 31 heavy (non-hydrogen) atoms. The summed E-state index contributed by atoms with van der Waals surface area (Å²) in [6, 6.07) is 14.6. The van der Waals surface area contributed by atoms with Crippen molar-refractivity contribution < 1.29 is 14.5 Å². The Kier molecular flexibility index (Phi) is 6.60. The fourth-order valence-corrected chi connectivity index (χ4v) is 3.30. The van der Waals surface area contributed by atoms with Crippen molar-refractivity contribution in [3.8, 4) is 0 Å². The fourth-order valence-electron chi connectivity index (χ4n) is 3.05. The molecule has 3 rings (SSSR count). The average Bonchev–Trinajstić information content (AvgIpc) is 2.69. The molecule has 0 fully saturated rings. The summed E-state index contributed by atoms with van der Waals surface area (Å²) >= 11 is 6.08. The zero-order chi connectivity index (χ0) is 22.6. The first-order valence-corrected chi connectivity index (χ1v) is 10.0. The van der Waals surface area contributed by atoms with Crippen LogP contribution in [0, 0.1) is 10.1 Å². The molecule has 0 bridgehead atoms. The molecule has 1 amide bonds. The first-order valence-electron chi connectivity index (χ1n) is 9.65. The smallest absolute Gasteiger partial charge is 0.407 e. The van der Waals surface area contributed by atoms with Crippen LogP contribution in [0.1, 0.15) is 31.9 Å². The summed E-state index contributed by atoms with van der Waals surface area (Å²) < 4.78 is 5.24. The maximum atomic E-state index is 11.9. The van der Waals surface area contributed by atoms with Gasteiger partial charge in [0.2, 0.25) is 5.15 Å². The molecule has 0 unspecified atom stereocenters. The number of hydrogen-bond acceptors (Lipinski definition) is 6. The normalized spacial score (nSPS) is 11.2. The van der Waals surface area contributed by atoms with Gasteiger partial charge in [0.15, 0.2) is 0 Å². The van der Waals surface area contributed by atoms with Crippen LogP contribution in [-0.2, 0) is 17.8 Å². The van der Waals surface area contributed by atoms with Crippen LogP contribution < -0.4 is 10.6 Å². The molecular weight excluding hydrogens is 420 g/mol. The monoisotopic (exact) mass is 442 g/mol. The third-order valence-corrected chi connectivity index (χ3v) is 4.57. The molecule has 9 heteroatoms. The van der Waals surface area contributed by atoms with E-state index in [1.54, 1.807) is 45.0 Å². The van der Waals surface area contributed by atoms with E-state index in [4.69, 9.17) is 16.3 Å². The summed E-state index contributed by atoms with van der Waals surface area (Å²) in [5, 5.41) is 17.9. The number of amides is 1. The summed E-state index contributed by atoms with van der Waals surface area (Å²) in [5.74, 6) is 0. The van der Waals surface area contributed by atoms with Crippen molar-refractivity contribution in [2.45, 2.75) is 39.5 Å². The third kappa shape index (κ3) is 5.82. The van der Waals surface area contributed by atoms with Crippen molar-refractivity contribution in [1.82, 2.24) is 10.3 Å². The molecule has 2 N–H and O–H groups in total. The van der Waals surface area contributed by atoms with Crippen LogP contribution in [0.5, 0.6) is 0 Å². The van der Waals surface area contributed by atoms with Crippen molar-refractivity contribution in [2.24, 2.45) is 0 Å². The topological polar surface area (TPSA) is 106 Å². The van der Waals surface area contributed by atoms with Gasteiger partial charge in [-0.05, 0) is 38.0 Å². The molecule has 162 valence electrons. The molecule has 0 aliphatic carbocycles. The number of carbonyl (C=O) groups is 1. The molecule has 0 spiro atoms. The summed E-state index contributed by atoms with van der Waals surface area (Å²) in [6.07, 6.45) is -0.496. The van der Waals surface area contributed by atoms with Crippen LogP contribution in [0.3, 0.4) is 0 Å². The quantitative estimate of drug-likeness (QED) is 0.299. The maximum absolute atomic E-state index is 11.9. The Bertz CT molecular complexity index is 1130. The number of rotatable bonds is 6. The van der Waals surface area contributed by atoms with Crippen molar-refractivity contribution in [3.05, 3.63) is 74.9 Å². The lowest BCUT2D eigenvalue weighted by atomic mass is 10.1. The van der Waals surface area contributed by atoms with E-state index in [-0.39, 0.29) is 10.8 Å². The van der Waals surface area contributed by atoms with Crippen LogP contribution in [0.4, 0.5) is 16.2 Å². The lowest BCUT2D eigenvalue weighted by Crippen LogP contribution is -2.32. The number of hydrogen-bond donors (Lipinski definition) is 2. The van der Waals surface area contributed by atoms with Gasteiger partial charge in [0.1, 0.15) is 11.3 Å².